The van der Waals surface area contributed by atoms with E-state index in [9.17, 15) is 4.79 Å². The van der Waals surface area contributed by atoms with E-state index in [2.05, 4.69) is 6.92 Å². The number of ether oxygens (including phenoxy) is 1. The van der Waals surface area contributed by atoms with Crippen LogP contribution in [0.15, 0.2) is 18.2 Å². The van der Waals surface area contributed by atoms with Crippen molar-refractivity contribution in [3.63, 3.8) is 0 Å². The van der Waals surface area contributed by atoms with Crippen molar-refractivity contribution in [3.05, 3.63) is 29.3 Å². The van der Waals surface area contributed by atoms with Crippen LogP contribution in [-0.2, 0) is 4.79 Å². The average Bonchev–Trinajstić information content (AvgIpc) is 2.24. The molecule has 1 unspecified atom stereocenters. The maximum Gasteiger partial charge on any atom is 0.314 e. The number of benzene rings is 1. The van der Waals surface area contributed by atoms with Crippen LogP contribution in [0.25, 0.3) is 0 Å². The van der Waals surface area contributed by atoms with E-state index in [1.165, 1.54) is 5.56 Å². The fourth-order valence-electron chi connectivity index (χ4n) is 1.55. The lowest BCUT2D eigenvalue weighted by Crippen LogP contribution is -2.17. The quantitative estimate of drug-likeness (QED) is 0.572. The Labute approximate surface area is 97.6 Å². The molecule has 2 nitrogen and oxygen atoms in total. The lowest BCUT2D eigenvalue weighted by Gasteiger charge is -2.11. The number of rotatable bonds is 4. The van der Waals surface area contributed by atoms with Crippen LogP contribution >= 0.6 is 0 Å². The first-order valence-corrected chi connectivity index (χ1v) is 5.83. The normalized spacial score (nSPS) is 12.2. The Hall–Kier alpha value is -1.31. The minimum absolute atomic E-state index is 0.0217. The molecule has 16 heavy (non-hydrogen) atoms. The highest BCUT2D eigenvalue weighted by atomic mass is 16.5. The van der Waals surface area contributed by atoms with Gasteiger partial charge in [-0.15, -0.1) is 0 Å². The largest absolute Gasteiger partial charge is 0.426 e. The molecular weight excluding hydrogens is 200 g/mol. The molecule has 0 aliphatic heterocycles. The number of esters is 1. The molecule has 0 aliphatic carbocycles. The van der Waals surface area contributed by atoms with Gasteiger partial charge in [0.05, 0.1) is 5.92 Å². The molecule has 0 saturated carbocycles. The topological polar surface area (TPSA) is 26.3 Å². The standard InChI is InChI=1S/C14H20O2/c1-5-6-11(3)14(15)16-13-8-7-10(2)12(4)9-13/h7-9,11H,5-6H2,1-4H3. The van der Waals surface area contributed by atoms with Gasteiger partial charge in [-0.3, -0.25) is 4.79 Å². The van der Waals surface area contributed by atoms with E-state index in [0.717, 1.165) is 18.4 Å². The maximum absolute atomic E-state index is 11.7. The molecule has 0 bridgehead atoms. The second-order valence-electron chi connectivity index (χ2n) is 4.36. The Kier molecular flexibility index (Phi) is 4.53. The summed E-state index contributed by atoms with van der Waals surface area (Å²) in [7, 11) is 0. The zero-order valence-electron chi connectivity index (χ0n) is 10.5. The van der Waals surface area contributed by atoms with Gasteiger partial charge in [0, 0.05) is 0 Å². The van der Waals surface area contributed by atoms with E-state index >= 15 is 0 Å². The maximum atomic E-state index is 11.7. The van der Waals surface area contributed by atoms with Crippen molar-refractivity contribution < 1.29 is 9.53 Å². The van der Waals surface area contributed by atoms with E-state index in [1.54, 1.807) is 0 Å². The molecule has 1 rings (SSSR count). The third-order valence-electron chi connectivity index (χ3n) is 2.82. The van der Waals surface area contributed by atoms with Crippen molar-refractivity contribution in [1.82, 2.24) is 0 Å². The highest BCUT2D eigenvalue weighted by Gasteiger charge is 2.14. The number of carbonyl (C=O) groups is 1. The van der Waals surface area contributed by atoms with Crippen LogP contribution < -0.4 is 4.74 Å². The summed E-state index contributed by atoms with van der Waals surface area (Å²) in [6, 6.07) is 5.73. The molecule has 0 saturated heterocycles. The van der Waals surface area contributed by atoms with Gasteiger partial charge in [0.25, 0.3) is 0 Å². The SMILES string of the molecule is CCCC(C)C(=O)Oc1ccc(C)c(C)c1. The predicted octanol–water partition coefficient (Wildman–Crippen LogP) is 3.65. The number of aryl methyl sites for hydroxylation is 2. The number of carbonyl (C=O) groups excluding carboxylic acids is 1. The van der Waals surface area contributed by atoms with Gasteiger partial charge in [0.2, 0.25) is 0 Å². The summed E-state index contributed by atoms with van der Waals surface area (Å²) in [6.07, 6.45) is 1.88. The van der Waals surface area contributed by atoms with Crippen LogP contribution in [0.4, 0.5) is 0 Å². The molecular formula is C14H20O2. The first kappa shape index (κ1) is 12.8. The molecule has 2 heteroatoms. The molecule has 0 fully saturated rings. The highest BCUT2D eigenvalue weighted by Crippen LogP contribution is 2.18. The first-order chi connectivity index (χ1) is 7.54. The zero-order valence-corrected chi connectivity index (χ0v) is 10.5. The summed E-state index contributed by atoms with van der Waals surface area (Å²) >= 11 is 0. The van der Waals surface area contributed by atoms with Crippen LogP contribution in [0.3, 0.4) is 0 Å². The second-order valence-corrected chi connectivity index (χ2v) is 4.36. The first-order valence-electron chi connectivity index (χ1n) is 5.83. The van der Waals surface area contributed by atoms with Gasteiger partial charge in [-0.1, -0.05) is 26.3 Å². The highest BCUT2D eigenvalue weighted by molar-refractivity contribution is 5.74. The molecule has 0 aromatic heterocycles. The number of hydrogen-bond donors (Lipinski definition) is 0. The van der Waals surface area contributed by atoms with Crippen LogP contribution in [0.1, 0.15) is 37.8 Å². The zero-order chi connectivity index (χ0) is 12.1. The smallest absolute Gasteiger partial charge is 0.314 e. The van der Waals surface area contributed by atoms with E-state index in [-0.39, 0.29) is 11.9 Å². The van der Waals surface area contributed by atoms with Crippen LogP contribution in [-0.4, -0.2) is 5.97 Å². The van der Waals surface area contributed by atoms with Crippen molar-refractivity contribution in [3.8, 4) is 5.75 Å². The Morgan fingerprint density at radius 3 is 2.56 bits per heavy atom. The molecule has 1 atom stereocenters. The van der Waals surface area contributed by atoms with Crippen molar-refractivity contribution in [2.75, 3.05) is 0 Å². The molecule has 1 aromatic rings. The Morgan fingerprint density at radius 1 is 1.31 bits per heavy atom. The molecule has 0 radical (unpaired) electrons. The van der Waals surface area contributed by atoms with Crippen LogP contribution in [0.2, 0.25) is 0 Å². The summed E-state index contributed by atoms with van der Waals surface area (Å²) in [5, 5.41) is 0. The summed E-state index contributed by atoms with van der Waals surface area (Å²) in [6.45, 7) is 8.04. The van der Waals surface area contributed by atoms with Gasteiger partial charge in [-0.25, -0.2) is 0 Å². The molecule has 1 aromatic carbocycles. The second kappa shape index (κ2) is 5.69. The molecule has 0 aliphatic rings. The minimum atomic E-state index is -0.134. The van der Waals surface area contributed by atoms with E-state index in [4.69, 9.17) is 4.74 Å². The minimum Gasteiger partial charge on any atom is -0.426 e. The van der Waals surface area contributed by atoms with Gasteiger partial charge in [0.15, 0.2) is 0 Å². The lowest BCUT2D eigenvalue weighted by molar-refractivity contribution is -0.138. The van der Waals surface area contributed by atoms with Crippen molar-refractivity contribution in [1.29, 1.82) is 0 Å². The van der Waals surface area contributed by atoms with Crippen molar-refractivity contribution in [2.24, 2.45) is 5.92 Å². The van der Waals surface area contributed by atoms with E-state index in [1.807, 2.05) is 39.0 Å². The van der Waals surface area contributed by atoms with Gasteiger partial charge in [-0.2, -0.15) is 0 Å². The van der Waals surface area contributed by atoms with Gasteiger partial charge < -0.3 is 4.74 Å². The Balaban J connectivity index is 2.66. The van der Waals surface area contributed by atoms with E-state index in [0.29, 0.717) is 5.75 Å². The van der Waals surface area contributed by atoms with Crippen LogP contribution in [0, 0.1) is 19.8 Å². The van der Waals surface area contributed by atoms with E-state index < -0.39 is 0 Å². The number of hydrogen-bond acceptors (Lipinski definition) is 2. The lowest BCUT2D eigenvalue weighted by atomic mass is 10.1. The monoisotopic (exact) mass is 220 g/mol. The molecule has 0 heterocycles. The summed E-state index contributed by atoms with van der Waals surface area (Å²) < 4.78 is 5.33. The third-order valence-corrected chi connectivity index (χ3v) is 2.82. The molecule has 88 valence electrons. The van der Waals surface area contributed by atoms with Gasteiger partial charge >= 0.3 is 5.97 Å². The fourth-order valence-corrected chi connectivity index (χ4v) is 1.55. The Morgan fingerprint density at radius 2 is 2.00 bits per heavy atom. The molecule has 0 amide bonds. The summed E-state index contributed by atoms with van der Waals surface area (Å²) in [5.74, 6) is 0.493. The molecule has 0 N–H and O–H groups in total. The van der Waals surface area contributed by atoms with Gasteiger partial charge in [-0.05, 0) is 43.5 Å². The Bertz CT molecular complexity index is 369. The predicted molar refractivity (Wildman–Crippen MR) is 65.6 cm³/mol. The van der Waals surface area contributed by atoms with Crippen molar-refractivity contribution in [2.45, 2.75) is 40.5 Å². The fraction of sp³-hybridized carbons (Fsp3) is 0.500. The van der Waals surface area contributed by atoms with Gasteiger partial charge in [0.1, 0.15) is 5.75 Å². The molecule has 0 spiro atoms. The van der Waals surface area contributed by atoms with Crippen LogP contribution in [0.5, 0.6) is 5.75 Å². The summed E-state index contributed by atoms with van der Waals surface area (Å²) in [5.41, 5.74) is 2.36. The third kappa shape index (κ3) is 3.37. The summed E-state index contributed by atoms with van der Waals surface area (Å²) in [4.78, 5) is 11.7. The average molecular weight is 220 g/mol. The van der Waals surface area contributed by atoms with Crippen molar-refractivity contribution >= 4 is 5.97 Å².